The number of ether oxygens (including phenoxy) is 3. The van der Waals surface area contributed by atoms with Gasteiger partial charge in [0, 0.05) is 11.1 Å². The Kier molecular flexibility index (Phi) is 5.69. The number of esters is 1. The Hall–Kier alpha value is -4.63. The van der Waals surface area contributed by atoms with Gasteiger partial charge in [0.1, 0.15) is 5.75 Å². The second-order valence-corrected chi connectivity index (χ2v) is 9.53. The van der Waals surface area contributed by atoms with E-state index in [1.165, 1.54) is 43.5 Å². The molecule has 2 fully saturated rings. The highest BCUT2D eigenvalue weighted by Gasteiger charge is 2.74. The first-order chi connectivity index (χ1) is 18.8. The fraction of sp³-hybridized carbons (Fsp3) is 0.233. The zero-order chi connectivity index (χ0) is 27.5. The van der Waals surface area contributed by atoms with Crippen LogP contribution in [-0.4, -0.2) is 48.7 Å². The van der Waals surface area contributed by atoms with Crippen LogP contribution >= 0.6 is 0 Å². The van der Waals surface area contributed by atoms with Crippen LogP contribution in [-0.2, 0) is 19.1 Å². The molecule has 3 aromatic carbocycles. The first-order valence-corrected chi connectivity index (χ1v) is 12.5. The molecule has 0 saturated carbocycles. The molecule has 0 radical (unpaired) electrons. The zero-order valence-corrected chi connectivity index (χ0v) is 21.1. The van der Waals surface area contributed by atoms with E-state index in [9.17, 15) is 24.0 Å². The standard InChI is InChI=1S/C30H23NO8/c1-3-38-29(36)17-8-12-18(13-9-17)31-27(34)22-23(28(31)35)30(25(32)20-6-4-5-7-21(20)26(30)33)39-24(22)16-10-14-19(37-2)15-11-16/h4-15,22-24H,3H2,1-2H3/t22-,23+,24-/m1/s1. The number of hydrogen-bond donors (Lipinski definition) is 0. The number of amides is 2. The number of anilines is 1. The second-order valence-electron chi connectivity index (χ2n) is 9.53. The maximum atomic E-state index is 14.0. The van der Waals surface area contributed by atoms with Crippen molar-refractivity contribution in [2.45, 2.75) is 18.6 Å². The summed E-state index contributed by atoms with van der Waals surface area (Å²) in [7, 11) is 1.52. The molecule has 2 saturated heterocycles. The van der Waals surface area contributed by atoms with E-state index in [4.69, 9.17) is 14.2 Å². The fourth-order valence-corrected chi connectivity index (χ4v) is 5.83. The molecule has 1 spiro atoms. The second kappa shape index (κ2) is 8.99. The van der Waals surface area contributed by atoms with Crippen molar-refractivity contribution in [1.82, 2.24) is 0 Å². The average Bonchev–Trinajstić information content (AvgIpc) is 3.53. The smallest absolute Gasteiger partial charge is 0.338 e. The van der Waals surface area contributed by atoms with E-state index < -0.39 is 52.9 Å². The van der Waals surface area contributed by atoms with Crippen LogP contribution in [0.1, 0.15) is 49.7 Å². The van der Waals surface area contributed by atoms with E-state index >= 15 is 0 Å². The number of fused-ring (bicyclic) bond motifs is 3. The minimum atomic E-state index is -2.16. The van der Waals surface area contributed by atoms with Crippen LogP contribution in [0.25, 0.3) is 0 Å². The summed E-state index contributed by atoms with van der Waals surface area (Å²) in [5.41, 5.74) is -0.840. The maximum absolute atomic E-state index is 14.0. The molecule has 2 amide bonds. The van der Waals surface area contributed by atoms with Crippen molar-refractivity contribution >= 4 is 35.0 Å². The molecular formula is C30H23NO8. The van der Waals surface area contributed by atoms with E-state index in [-0.39, 0.29) is 29.0 Å². The lowest BCUT2D eigenvalue weighted by molar-refractivity contribution is -0.127. The topological polar surface area (TPSA) is 116 Å². The molecule has 0 N–H and O–H groups in total. The molecule has 3 aromatic rings. The minimum Gasteiger partial charge on any atom is -0.497 e. The van der Waals surface area contributed by atoms with E-state index in [0.717, 1.165) is 4.90 Å². The SMILES string of the molecule is CCOC(=O)c1ccc(N2C(=O)[C@H]3[C@@H](c4ccc(OC)cc4)OC4(C(=O)c5ccccc5C4=O)[C@@H]3C2=O)cc1. The van der Waals surface area contributed by atoms with Crippen molar-refractivity contribution in [3.63, 3.8) is 0 Å². The lowest BCUT2D eigenvalue weighted by Crippen LogP contribution is -2.51. The third-order valence-corrected chi connectivity index (χ3v) is 7.60. The van der Waals surface area contributed by atoms with Gasteiger partial charge in [-0.15, -0.1) is 0 Å². The Labute approximate surface area is 223 Å². The van der Waals surface area contributed by atoms with Gasteiger partial charge in [-0.05, 0) is 48.9 Å². The summed E-state index contributed by atoms with van der Waals surface area (Å²) in [6.45, 7) is 1.89. The van der Waals surface area contributed by atoms with Gasteiger partial charge in [-0.3, -0.25) is 19.2 Å². The number of imide groups is 1. The summed E-state index contributed by atoms with van der Waals surface area (Å²) in [5.74, 6) is -5.02. The highest BCUT2D eigenvalue weighted by Crippen LogP contribution is 2.57. The number of benzene rings is 3. The van der Waals surface area contributed by atoms with Crippen molar-refractivity contribution in [3.05, 3.63) is 95.1 Å². The maximum Gasteiger partial charge on any atom is 0.338 e. The van der Waals surface area contributed by atoms with E-state index in [1.54, 1.807) is 43.3 Å². The summed E-state index contributed by atoms with van der Waals surface area (Å²) in [5, 5.41) is 0. The Bertz CT molecular complexity index is 1510. The van der Waals surface area contributed by atoms with E-state index in [1.807, 2.05) is 0 Å². The monoisotopic (exact) mass is 525 g/mol. The van der Waals surface area contributed by atoms with E-state index in [0.29, 0.717) is 11.3 Å². The summed E-state index contributed by atoms with van der Waals surface area (Å²) in [6, 6.07) is 18.9. The molecule has 9 nitrogen and oxygen atoms in total. The minimum absolute atomic E-state index is 0.161. The molecule has 2 heterocycles. The molecule has 9 heteroatoms. The number of nitrogens with zero attached hydrogens (tertiary/aromatic N) is 1. The number of rotatable bonds is 5. The van der Waals surface area contributed by atoms with Gasteiger partial charge >= 0.3 is 5.97 Å². The van der Waals surface area contributed by atoms with Gasteiger partial charge < -0.3 is 14.2 Å². The van der Waals surface area contributed by atoms with Crippen molar-refractivity contribution < 1.29 is 38.2 Å². The van der Waals surface area contributed by atoms with Crippen molar-refractivity contribution in [1.29, 1.82) is 0 Å². The van der Waals surface area contributed by atoms with Crippen LogP contribution in [0.15, 0.2) is 72.8 Å². The Morgan fingerprint density at radius 1 is 0.872 bits per heavy atom. The third-order valence-electron chi connectivity index (χ3n) is 7.60. The largest absolute Gasteiger partial charge is 0.497 e. The highest BCUT2D eigenvalue weighted by molar-refractivity contribution is 6.37. The van der Waals surface area contributed by atoms with Crippen LogP contribution in [0, 0.1) is 11.8 Å². The van der Waals surface area contributed by atoms with E-state index in [2.05, 4.69) is 0 Å². The third kappa shape index (κ3) is 3.39. The molecule has 6 rings (SSSR count). The van der Waals surface area contributed by atoms with Crippen molar-refractivity contribution in [3.8, 4) is 5.75 Å². The quantitative estimate of drug-likeness (QED) is 0.282. The van der Waals surface area contributed by atoms with Crippen LogP contribution in [0.4, 0.5) is 5.69 Å². The number of methoxy groups -OCH3 is 1. The molecule has 39 heavy (non-hydrogen) atoms. The van der Waals surface area contributed by atoms with Crippen LogP contribution in [0.5, 0.6) is 5.75 Å². The summed E-state index contributed by atoms with van der Waals surface area (Å²) >= 11 is 0. The molecule has 2 aliphatic heterocycles. The van der Waals surface area contributed by atoms with Crippen LogP contribution in [0.2, 0.25) is 0 Å². The fourth-order valence-electron chi connectivity index (χ4n) is 5.83. The Morgan fingerprint density at radius 2 is 1.49 bits per heavy atom. The zero-order valence-electron chi connectivity index (χ0n) is 21.1. The van der Waals surface area contributed by atoms with Crippen LogP contribution < -0.4 is 9.64 Å². The van der Waals surface area contributed by atoms with Crippen LogP contribution in [0.3, 0.4) is 0 Å². The molecule has 3 aliphatic rings. The number of ketones is 2. The van der Waals surface area contributed by atoms with Gasteiger partial charge in [0.15, 0.2) is 0 Å². The number of Topliss-reactive ketones (excluding diaryl/α,β-unsaturated/α-hetero) is 2. The van der Waals surface area contributed by atoms with Gasteiger partial charge in [0.2, 0.25) is 29.0 Å². The Balaban J connectivity index is 1.46. The molecule has 1 aliphatic carbocycles. The first-order valence-electron chi connectivity index (χ1n) is 12.5. The molecular weight excluding hydrogens is 502 g/mol. The van der Waals surface area contributed by atoms with Gasteiger partial charge in [-0.25, -0.2) is 9.69 Å². The summed E-state index contributed by atoms with van der Waals surface area (Å²) in [6.07, 6.45) is -1.04. The molecule has 0 aromatic heterocycles. The number of carbonyl (C=O) groups is 5. The average molecular weight is 526 g/mol. The van der Waals surface area contributed by atoms with Gasteiger partial charge in [0.05, 0.1) is 42.9 Å². The lowest BCUT2D eigenvalue weighted by Gasteiger charge is -2.27. The highest BCUT2D eigenvalue weighted by atomic mass is 16.5. The van der Waals surface area contributed by atoms with Crippen molar-refractivity contribution in [2.75, 3.05) is 18.6 Å². The van der Waals surface area contributed by atoms with Crippen molar-refractivity contribution in [2.24, 2.45) is 11.8 Å². The number of carbonyl (C=O) groups excluding carboxylic acids is 5. The molecule has 0 bridgehead atoms. The Morgan fingerprint density at radius 3 is 2.05 bits per heavy atom. The summed E-state index contributed by atoms with van der Waals surface area (Å²) < 4.78 is 16.5. The molecule has 0 unspecified atom stereocenters. The predicted octanol–water partition coefficient (Wildman–Crippen LogP) is 3.57. The molecule has 196 valence electrons. The number of hydrogen-bond acceptors (Lipinski definition) is 8. The normalized spacial score (nSPS) is 22.8. The van der Waals surface area contributed by atoms with Gasteiger partial charge in [0.25, 0.3) is 0 Å². The van der Waals surface area contributed by atoms with Gasteiger partial charge in [-0.2, -0.15) is 0 Å². The summed E-state index contributed by atoms with van der Waals surface area (Å²) in [4.78, 5) is 68.7. The first kappa shape index (κ1) is 24.7. The van der Waals surface area contributed by atoms with Gasteiger partial charge in [-0.1, -0.05) is 36.4 Å². The molecule has 3 atom stereocenters. The predicted molar refractivity (Wildman–Crippen MR) is 137 cm³/mol. The lowest BCUT2D eigenvalue weighted by atomic mass is 9.77.